The Morgan fingerprint density at radius 1 is 1.08 bits per heavy atom. The number of anilines is 1. The van der Waals surface area contributed by atoms with Crippen LogP contribution in [0.15, 0.2) is 55.1 Å². The van der Waals surface area contributed by atoms with Crippen molar-refractivity contribution < 1.29 is 14.3 Å². The summed E-state index contributed by atoms with van der Waals surface area (Å²) in [4.78, 5) is 16.3. The van der Waals surface area contributed by atoms with Crippen LogP contribution in [0.25, 0.3) is 0 Å². The normalized spacial score (nSPS) is 10.3. The van der Waals surface area contributed by atoms with Gasteiger partial charge in [-0.1, -0.05) is 12.1 Å². The predicted molar refractivity (Wildman–Crippen MR) is 93.1 cm³/mol. The average molecular weight is 338 g/mol. The summed E-state index contributed by atoms with van der Waals surface area (Å²) in [5.41, 5.74) is 2.20. The van der Waals surface area contributed by atoms with Gasteiger partial charge in [-0.05, 0) is 17.7 Å². The molecule has 0 saturated heterocycles. The Kier molecular flexibility index (Phi) is 4.94. The van der Waals surface area contributed by atoms with E-state index in [9.17, 15) is 4.79 Å². The van der Waals surface area contributed by atoms with Gasteiger partial charge in [0.2, 0.25) is 0 Å². The molecule has 0 aliphatic carbocycles. The van der Waals surface area contributed by atoms with E-state index in [4.69, 9.17) is 9.47 Å². The molecule has 0 spiro atoms. The number of nitrogens with one attached hydrogen (secondary N) is 1. The van der Waals surface area contributed by atoms with Crippen LogP contribution in [-0.4, -0.2) is 34.9 Å². The zero-order chi connectivity index (χ0) is 17.6. The second kappa shape index (κ2) is 7.48. The van der Waals surface area contributed by atoms with Gasteiger partial charge in [0.1, 0.15) is 24.2 Å². The average Bonchev–Trinajstić information content (AvgIpc) is 3.15. The molecule has 1 N–H and O–H groups in total. The van der Waals surface area contributed by atoms with Crippen molar-refractivity contribution in [2.24, 2.45) is 0 Å². The smallest absolute Gasteiger partial charge is 0.255 e. The van der Waals surface area contributed by atoms with Crippen LogP contribution in [0.1, 0.15) is 15.9 Å². The summed E-state index contributed by atoms with van der Waals surface area (Å²) >= 11 is 0. The summed E-state index contributed by atoms with van der Waals surface area (Å²) in [6, 6.07) is 12.6. The fourth-order valence-corrected chi connectivity index (χ4v) is 2.35. The summed E-state index contributed by atoms with van der Waals surface area (Å²) in [5, 5.41) is 6.91. The van der Waals surface area contributed by atoms with E-state index in [1.807, 2.05) is 12.1 Å². The van der Waals surface area contributed by atoms with Crippen LogP contribution >= 0.6 is 0 Å². The highest BCUT2D eigenvalue weighted by Crippen LogP contribution is 2.26. The maximum Gasteiger partial charge on any atom is 0.255 e. The molecule has 0 saturated carbocycles. The minimum absolute atomic E-state index is 0.206. The largest absolute Gasteiger partial charge is 0.497 e. The van der Waals surface area contributed by atoms with Crippen molar-refractivity contribution >= 4 is 11.6 Å². The molecule has 0 fully saturated rings. The van der Waals surface area contributed by atoms with Crippen LogP contribution in [-0.2, 0) is 6.54 Å². The number of carbonyl (C=O) groups is 1. The second-order valence-electron chi connectivity index (χ2n) is 5.35. The van der Waals surface area contributed by atoms with Crippen molar-refractivity contribution in [3.63, 3.8) is 0 Å². The van der Waals surface area contributed by atoms with Gasteiger partial charge in [-0.15, -0.1) is 0 Å². The van der Waals surface area contributed by atoms with Gasteiger partial charge in [-0.2, -0.15) is 5.10 Å². The zero-order valence-electron chi connectivity index (χ0n) is 14.0. The molecule has 1 amide bonds. The van der Waals surface area contributed by atoms with Crippen molar-refractivity contribution in [1.29, 1.82) is 0 Å². The first-order valence-electron chi connectivity index (χ1n) is 7.63. The van der Waals surface area contributed by atoms with E-state index in [1.165, 1.54) is 6.33 Å². The third-order valence-corrected chi connectivity index (χ3v) is 3.64. The molecule has 25 heavy (non-hydrogen) atoms. The summed E-state index contributed by atoms with van der Waals surface area (Å²) in [5.74, 6) is 1.01. The first-order valence-corrected chi connectivity index (χ1v) is 7.63. The highest BCUT2D eigenvalue weighted by atomic mass is 16.5. The third kappa shape index (κ3) is 4.14. The molecule has 1 heterocycles. The third-order valence-electron chi connectivity index (χ3n) is 3.64. The van der Waals surface area contributed by atoms with E-state index >= 15 is 0 Å². The first-order chi connectivity index (χ1) is 12.2. The predicted octanol–water partition coefficient (Wildman–Crippen LogP) is 2.60. The molecule has 3 aromatic rings. The van der Waals surface area contributed by atoms with E-state index in [1.54, 1.807) is 55.6 Å². The van der Waals surface area contributed by atoms with Crippen LogP contribution in [0.5, 0.6) is 11.5 Å². The summed E-state index contributed by atoms with van der Waals surface area (Å²) < 4.78 is 12.1. The van der Waals surface area contributed by atoms with Crippen LogP contribution in [0, 0.1) is 0 Å². The van der Waals surface area contributed by atoms with E-state index in [0.717, 1.165) is 5.56 Å². The maximum absolute atomic E-state index is 12.4. The molecule has 0 aliphatic heterocycles. The lowest BCUT2D eigenvalue weighted by Gasteiger charge is -2.10. The Bertz CT molecular complexity index is 823. The number of hydrogen-bond acceptors (Lipinski definition) is 5. The van der Waals surface area contributed by atoms with Gasteiger partial charge in [0.05, 0.1) is 20.8 Å². The summed E-state index contributed by atoms with van der Waals surface area (Å²) in [6.07, 6.45) is 3.14. The lowest BCUT2D eigenvalue weighted by Crippen LogP contribution is -2.12. The Balaban J connectivity index is 1.71. The van der Waals surface area contributed by atoms with E-state index in [2.05, 4.69) is 15.4 Å². The van der Waals surface area contributed by atoms with E-state index in [0.29, 0.717) is 29.3 Å². The number of benzene rings is 2. The summed E-state index contributed by atoms with van der Waals surface area (Å²) in [7, 11) is 3.13. The molecule has 1 aromatic heterocycles. The number of amides is 1. The number of aromatic nitrogens is 3. The molecule has 7 heteroatoms. The number of hydrogen-bond donors (Lipinski definition) is 1. The van der Waals surface area contributed by atoms with Crippen molar-refractivity contribution in [2.75, 3.05) is 19.5 Å². The molecule has 0 unspecified atom stereocenters. The molecule has 0 bridgehead atoms. The van der Waals surface area contributed by atoms with Crippen molar-refractivity contribution in [2.45, 2.75) is 6.54 Å². The molecule has 0 aliphatic rings. The number of nitrogens with zero attached hydrogens (tertiary/aromatic N) is 3. The molecule has 128 valence electrons. The Morgan fingerprint density at radius 2 is 1.76 bits per heavy atom. The molecule has 3 rings (SSSR count). The van der Waals surface area contributed by atoms with Gasteiger partial charge < -0.3 is 14.8 Å². The van der Waals surface area contributed by atoms with Gasteiger partial charge in [0.25, 0.3) is 5.91 Å². The van der Waals surface area contributed by atoms with Crippen molar-refractivity contribution in [3.05, 3.63) is 66.2 Å². The van der Waals surface area contributed by atoms with Crippen molar-refractivity contribution in [3.8, 4) is 11.5 Å². The minimum atomic E-state index is -0.206. The fourth-order valence-electron chi connectivity index (χ4n) is 2.35. The van der Waals surface area contributed by atoms with Crippen LogP contribution in [0.2, 0.25) is 0 Å². The molecule has 0 atom stereocenters. The molecule has 0 radical (unpaired) electrons. The number of ether oxygens (including phenoxy) is 2. The quantitative estimate of drug-likeness (QED) is 0.747. The van der Waals surface area contributed by atoms with Gasteiger partial charge in [0, 0.05) is 29.4 Å². The lowest BCUT2D eigenvalue weighted by molar-refractivity contribution is 0.102. The molecule has 2 aromatic carbocycles. The second-order valence-corrected chi connectivity index (χ2v) is 5.35. The van der Waals surface area contributed by atoms with Gasteiger partial charge in [-0.25, -0.2) is 9.67 Å². The monoisotopic (exact) mass is 338 g/mol. The van der Waals surface area contributed by atoms with Gasteiger partial charge >= 0.3 is 0 Å². The van der Waals surface area contributed by atoms with Gasteiger partial charge in [0.15, 0.2) is 0 Å². The highest BCUT2D eigenvalue weighted by Gasteiger charge is 2.09. The highest BCUT2D eigenvalue weighted by molar-refractivity contribution is 6.04. The SMILES string of the molecule is COc1cc(NC(=O)c2ccc(Cn3cncn3)cc2)cc(OC)c1. The topological polar surface area (TPSA) is 78.3 Å². The Hall–Kier alpha value is -3.35. The van der Waals surface area contributed by atoms with Gasteiger partial charge in [-0.3, -0.25) is 4.79 Å². The van der Waals surface area contributed by atoms with E-state index in [-0.39, 0.29) is 5.91 Å². The molecule has 7 nitrogen and oxygen atoms in total. The number of methoxy groups -OCH3 is 2. The zero-order valence-corrected chi connectivity index (χ0v) is 14.0. The maximum atomic E-state index is 12.4. The van der Waals surface area contributed by atoms with E-state index < -0.39 is 0 Å². The lowest BCUT2D eigenvalue weighted by atomic mass is 10.1. The first kappa shape index (κ1) is 16.5. The molecular formula is C18H18N4O3. The summed E-state index contributed by atoms with van der Waals surface area (Å²) in [6.45, 7) is 0.606. The number of carbonyl (C=O) groups excluding carboxylic acids is 1. The fraction of sp³-hybridized carbons (Fsp3) is 0.167. The van der Waals surface area contributed by atoms with Crippen LogP contribution in [0.4, 0.5) is 5.69 Å². The minimum Gasteiger partial charge on any atom is -0.497 e. The van der Waals surface area contributed by atoms with Crippen LogP contribution in [0.3, 0.4) is 0 Å². The molecular weight excluding hydrogens is 320 g/mol. The number of rotatable bonds is 6. The Labute approximate surface area is 145 Å². The Morgan fingerprint density at radius 3 is 2.32 bits per heavy atom. The standard InChI is InChI=1S/C18H18N4O3/c1-24-16-7-15(8-17(9-16)25-2)21-18(23)14-5-3-13(4-6-14)10-22-12-19-11-20-22/h3-9,11-12H,10H2,1-2H3,(H,21,23). The van der Waals surface area contributed by atoms with Crippen LogP contribution < -0.4 is 14.8 Å². The van der Waals surface area contributed by atoms with Crippen molar-refractivity contribution in [1.82, 2.24) is 14.8 Å².